The zero-order chi connectivity index (χ0) is 19.0. The van der Waals surface area contributed by atoms with Gasteiger partial charge in [-0.1, -0.05) is 0 Å². The van der Waals surface area contributed by atoms with E-state index in [1.807, 2.05) is 0 Å². The Labute approximate surface area is 141 Å². The number of aliphatic hydroxyl groups is 3. The van der Waals surface area contributed by atoms with Gasteiger partial charge in [0.1, 0.15) is 25.4 Å². The van der Waals surface area contributed by atoms with Gasteiger partial charge in [0.05, 0.1) is 13.2 Å². The first kappa shape index (κ1) is 24.9. The van der Waals surface area contributed by atoms with E-state index in [4.69, 9.17) is 14.9 Å². The Morgan fingerprint density at radius 1 is 0.958 bits per heavy atom. The third-order valence-electron chi connectivity index (χ3n) is 2.72. The van der Waals surface area contributed by atoms with Crippen LogP contribution in [0.2, 0.25) is 0 Å². The van der Waals surface area contributed by atoms with Crippen LogP contribution in [0.5, 0.6) is 0 Å². The molecule has 0 heterocycles. The smallest absolute Gasteiger partial charge is 0.302 e. The molecule has 0 atom stereocenters. The number of ketones is 2. The lowest BCUT2D eigenvalue weighted by atomic mass is 9.91. The summed E-state index contributed by atoms with van der Waals surface area (Å²) >= 11 is 0. The zero-order valence-electron chi connectivity index (χ0n) is 14.4. The van der Waals surface area contributed by atoms with Gasteiger partial charge in [-0.15, -0.1) is 0 Å². The number of rotatable bonds is 12. The van der Waals surface area contributed by atoms with Crippen LogP contribution in [0.15, 0.2) is 0 Å². The summed E-state index contributed by atoms with van der Waals surface area (Å²) in [6, 6.07) is 0. The van der Waals surface area contributed by atoms with E-state index >= 15 is 0 Å². The number of carbonyl (C=O) groups excluding carboxylic acids is 3. The number of ether oxygens (including phenoxy) is 3. The Kier molecular flexibility index (Phi) is 15.7. The summed E-state index contributed by atoms with van der Waals surface area (Å²) in [6.45, 7) is 2.24. The summed E-state index contributed by atoms with van der Waals surface area (Å²) in [5, 5.41) is 26.5. The van der Waals surface area contributed by atoms with Gasteiger partial charge in [0, 0.05) is 33.5 Å². The highest BCUT2D eigenvalue weighted by molar-refractivity contribution is 5.84. The topological polar surface area (TPSA) is 140 Å². The van der Waals surface area contributed by atoms with Crippen molar-refractivity contribution in [2.24, 2.45) is 0 Å². The van der Waals surface area contributed by atoms with Gasteiger partial charge >= 0.3 is 5.97 Å². The fourth-order valence-corrected chi connectivity index (χ4v) is 1.73. The van der Waals surface area contributed by atoms with Gasteiger partial charge in [0.15, 0.2) is 11.6 Å². The van der Waals surface area contributed by atoms with E-state index in [1.54, 1.807) is 14.0 Å². The molecular weight excluding hydrogens is 324 g/mol. The molecule has 0 aliphatic carbocycles. The molecule has 0 rings (SSSR count). The van der Waals surface area contributed by atoms with Crippen molar-refractivity contribution >= 4 is 17.5 Å². The van der Waals surface area contributed by atoms with Crippen LogP contribution in [0.1, 0.15) is 26.7 Å². The molecule has 0 aliphatic heterocycles. The first-order chi connectivity index (χ1) is 11.3. The van der Waals surface area contributed by atoms with E-state index in [2.05, 4.69) is 9.47 Å². The number of aliphatic hydroxyl groups excluding tert-OH is 3. The molecule has 24 heavy (non-hydrogen) atoms. The van der Waals surface area contributed by atoms with E-state index < -0.39 is 37.0 Å². The van der Waals surface area contributed by atoms with Gasteiger partial charge in [-0.25, -0.2) is 0 Å². The van der Waals surface area contributed by atoms with Crippen LogP contribution in [-0.2, 0) is 28.6 Å². The minimum Gasteiger partial charge on any atom is -0.463 e. The predicted molar refractivity (Wildman–Crippen MR) is 83.4 cm³/mol. The number of Topliss-reactive ketones (excluding diaryl/α,β-unsaturated/α-hetero) is 2. The average molecular weight is 352 g/mol. The summed E-state index contributed by atoms with van der Waals surface area (Å²) in [7, 11) is 1.56. The quantitative estimate of drug-likeness (QED) is 0.293. The van der Waals surface area contributed by atoms with Crippen molar-refractivity contribution in [1.29, 1.82) is 0 Å². The molecule has 0 aliphatic rings. The highest BCUT2D eigenvalue weighted by atomic mass is 16.6. The van der Waals surface area contributed by atoms with Crippen molar-refractivity contribution in [3.8, 4) is 0 Å². The van der Waals surface area contributed by atoms with Crippen molar-refractivity contribution < 1.29 is 43.9 Å². The second-order valence-electron chi connectivity index (χ2n) is 4.85. The molecule has 0 aromatic heterocycles. The molecule has 0 unspecified atom stereocenters. The lowest BCUT2D eigenvalue weighted by Gasteiger charge is -2.30. The molecule has 0 fully saturated rings. The Morgan fingerprint density at radius 2 is 1.46 bits per heavy atom. The van der Waals surface area contributed by atoms with E-state index in [9.17, 15) is 19.5 Å². The van der Waals surface area contributed by atoms with Crippen molar-refractivity contribution in [2.75, 3.05) is 46.8 Å². The zero-order valence-corrected chi connectivity index (χ0v) is 14.4. The predicted octanol–water partition coefficient (Wildman–Crippen LogP) is -1.15. The summed E-state index contributed by atoms with van der Waals surface area (Å²) in [5.74, 6) is -1.30. The molecule has 0 radical (unpaired) electrons. The van der Waals surface area contributed by atoms with Gasteiger partial charge < -0.3 is 29.5 Å². The highest BCUT2D eigenvalue weighted by Gasteiger charge is 2.34. The van der Waals surface area contributed by atoms with Crippen molar-refractivity contribution in [3.05, 3.63) is 0 Å². The molecule has 0 aromatic carbocycles. The average Bonchev–Trinajstić information content (AvgIpc) is 2.55. The Morgan fingerprint density at radius 3 is 1.75 bits per heavy atom. The van der Waals surface area contributed by atoms with Crippen LogP contribution in [-0.4, -0.2) is 85.2 Å². The third kappa shape index (κ3) is 13.1. The standard InChI is InChI=1S/C10H18O6.C5H10O3/c1-2-16-10(7-13,3-8(14)5-11)4-9(15)6-12;1-5(6)8-4-3-7-2/h11-13H,2-7H2,1H3;3-4H2,1-2H3. The third-order valence-corrected chi connectivity index (χ3v) is 2.72. The summed E-state index contributed by atoms with van der Waals surface area (Å²) in [4.78, 5) is 32.3. The van der Waals surface area contributed by atoms with Crippen LogP contribution in [0, 0.1) is 0 Å². The molecule has 142 valence electrons. The maximum atomic E-state index is 11.1. The van der Waals surface area contributed by atoms with Gasteiger partial charge in [-0.05, 0) is 6.92 Å². The lowest BCUT2D eigenvalue weighted by molar-refractivity contribution is -0.143. The van der Waals surface area contributed by atoms with Crippen molar-refractivity contribution in [2.45, 2.75) is 32.3 Å². The van der Waals surface area contributed by atoms with E-state index in [1.165, 1.54) is 6.92 Å². The Balaban J connectivity index is 0. The lowest BCUT2D eigenvalue weighted by Crippen LogP contribution is -2.42. The minimum atomic E-state index is -1.33. The second kappa shape index (κ2) is 15.2. The van der Waals surface area contributed by atoms with Gasteiger partial charge in [0.2, 0.25) is 0 Å². The van der Waals surface area contributed by atoms with E-state index in [0.717, 1.165) is 0 Å². The first-order valence-corrected chi connectivity index (χ1v) is 7.43. The molecule has 9 nitrogen and oxygen atoms in total. The molecule has 0 amide bonds. The van der Waals surface area contributed by atoms with Crippen molar-refractivity contribution in [1.82, 2.24) is 0 Å². The SMILES string of the molecule is CCOC(CO)(CC(=O)CO)CC(=O)CO.COCCOC(C)=O. The largest absolute Gasteiger partial charge is 0.463 e. The van der Waals surface area contributed by atoms with E-state index in [0.29, 0.717) is 13.2 Å². The molecule has 3 N–H and O–H groups in total. The summed E-state index contributed by atoms with van der Waals surface area (Å²) < 4.78 is 14.3. The Bertz CT molecular complexity index is 350. The fraction of sp³-hybridized carbons (Fsp3) is 0.800. The molecule has 9 heteroatoms. The molecule has 0 bridgehead atoms. The maximum Gasteiger partial charge on any atom is 0.302 e. The van der Waals surface area contributed by atoms with Gasteiger partial charge in [-0.2, -0.15) is 0 Å². The van der Waals surface area contributed by atoms with Crippen LogP contribution in [0.4, 0.5) is 0 Å². The molecule has 0 aromatic rings. The number of carbonyl (C=O) groups is 3. The maximum absolute atomic E-state index is 11.1. The minimum absolute atomic E-state index is 0.220. The number of esters is 1. The number of methoxy groups -OCH3 is 1. The van der Waals surface area contributed by atoms with Crippen LogP contribution < -0.4 is 0 Å². The van der Waals surface area contributed by atoms with E-state index in [-0.39, 0.29) is 25.4 Å². The van der Waals surface area contributed by atoms with Crippen LogP contribution in [0.3, 0.4) is 0 Å². The second-order valence-corrected chi connectivity index (χ2v) is 4.85. The fourth-order valence-electron chi connectivity index (χ4n) is 1.73. The monoisotopic (exact) mass is 352 g/mol. The molecule has 0 spiro atoms. The van der Waals surface area contributed by atoms with Crippen molar-refractivity contribution in [3.63, 3.8) is 0 Å². The molecule has 0 saturated carbocycles. The summed E-state index contributed by atoms with van der Waals surface area (Å²) in [6.07, 6.45) is -0.501. The molecular formula is C15H28O9. The Hall–Kier alpha value is -1.39. The van der Waals surface area contributed by atoms with Crippen LogP contribution >= 0.6 is 0 Å². The highest BCUT2D eigenvalue weighted by Crippen LogP contribution is 2.21. The molecule has 0 saturated heterocycles. The number of hydrogen-bond acceptors (Lipinski definition) is 9. The summed E-state index contributed by atoms with van der Waals surface area (Å²) in [5.41, 5.74) is -1.33. The number of hydrogen-bond donors (Lipinski definition) is 3. The van der Waals surface area contributed by atoms with Gasteiger partial charge in [0.25, 0.3) is 0 Å². The van der Waals surface area contributed by atoms with Crippen LogP contribution in [0.25, 0.3) is 0 Å². The van der Waals surface area contributed by atoms with Gasteiger partial charge in [-0.3, -0.25) is 14.4 Å². The normalized spacial score (nSPS) is 10.6. The first-order valence-electron chi connectivity index (χ1n) is 7.43.